The Morgan fingerprint density at radius 3 is 2.47 bits per heavy atom. The number of rotatable bonds is 4. The first-order chi connectivity index (χ1) is 7.82. The molecule has 0 saturated carbocycles. The van der Waals surface area contributed by atoms with Gasteiger partial charge in [-0.2, -0.15) is 0 Å². The second-order valence-electron chi connectivity index (χ2n) is 4.60. The summed E-state index contributed by atoms with van der Waals surface area (Å²) in [5.41, 5.74) is 9.99. The number of carbonyl (C=O) groups is 1. The minimum atomic E-state index is -0.963. The zero-order chi connectivity index (χ0) is 13.2. The molecule has 17 heavy (non-hydrogen) atoms. The summed E-state index contributed by atoms with van der Waals surface area (Å²) < 4.78 is 0. The number of nitrogens with two attached hydrogens (primary N) is 1. The highest BCUT2D eigenvalue weighted by molar-refractivity contribution is 5.73. The summed E-state index contributed by atoms with van der Waals surface area (Å²) in [5, 5.41) is 8.81. The largest absolute Gasteiger partial charge is 0.480 e. The summed E-state index contributed by atoms with van der Waals surface area (Å²) in [5.74, 6) is -0.963. The topological polar surface area (TPSA) is 66.6 Å². The Balaban J connectivity index is 3.06. The Kier molecular flexibility index (Phi) is 4.12. The predicted molar refractivity (Wildman–Crippen MR) is 69.6 cm³/mol. The van der Waals surface area contributed by atoms with Crippen LogP contribution in [0, 0.1) is 13.8 Å². The first-order valence-electron chi connectivity index (χ1n) is 5.58. The average molecular weight is 236 g/mol. The molecular weight excluding hydrogens is 216 g/mol. The highest BCUT2D eigenvalue weighted by atomic mass is 16.4. The molecule has 3 N–H and O–H groups in total. The maximum Gasteiger partial charge on any atom is 0.320 e. The lowest BCUT2D eigenvalue weighted by atomic mass is 9.99. The van der Waals surface area contributed by atoms with Gasteiger partial charge in [-0.1, -0.05) is 6.07 Å². The Labute approximate surface area is 102 Å². The smallest absolute Gasteiger partial charge is 0.320 e. The maximum absolute atomic E-state index is 10.7. The minimum Gasteiger partial charge on any atom is -0.480 e. The number of hydrogen-bond acceptors (Lipinski definition) is 3. The number of benzene rings is 1. The Bertz CT molecular complexity index is 428. The molecule has 1 rings (SSSR count). The molecule has 94 valence electrons. The summed E-state index contributed by atoms with van der Waals surface area (Å²) in [6, 6.07) is 3.17. The van der Waals surface area contributed by atoms with Gasteiger partial charge in [-0.25, -0.2) is 0 Å². The van der Waals surface area contributed by atoms with Crippen LogP contribution in [0.4, 0.5) is 5.69 Å². The van der Waals surface area contributed by atoms with Crippen LogP contribution in [0.15, 0.2) is 12.1 Å². The summed E-state index contributed by atoms with van der Waals surface area (Å²) >= 11 is 0. The third-order valence-electron chi connectivity index (χ3n) is 2.95. The van der Waals surface area contributed by atoms with E-state index in [2.05, 4.69) is 6.92 Å². The number of aryl methyl sites for hydroxylation is 1. The van der Waals surface area contributed by atoms with Crippen LogP contribution in [0.1, 0.15) is 16.7 Å². The normalized spacial score (nSPS) is 12.3. The van der Waals surface area contributed by atoms with Crippen molar-refractivity contribution in [2.24, 2.45) is 5.73 Å². The van der Waals surface area contributed by atoms with Gasteiger partial charge in [0.1, 0.15) is 6.04 Å². The van der Waals surface area contributed by atoms with Crippen molar-refractivity contribution >= 4 is 11.7 Å². The molecule has 0 bridgehead atoms. The molecule has 1 unspecified atom stereocenters. The standard InChI is InChI=1S/C13H20N2O2/c1-8-5-10(6-11(14)13(16)17)7-12(9(8)2)15(3)4/h5,7,11H,6,14H2,1-4H3,(H,16,17). The zero-order valence-electron chi connectivity index (χ0n) is 10.8. The first kappa shape index (κ1) is 13.5. The Hall–Kier alpha value is -1.55. The number of carboxylic acid groups (broad SMARTS) is 1. The van der Waals surface area contributed by atoms with Crippen molar-refractivity contribution in [1.82, 2.24) is 0 Å². The van der Waals surface area contributed by atoms with Crippen LogP contribution in [0.3, 0.4) is 0 Å². The van der Waals surface area contributed by atoms with E-state index in [1.165, 1.54) is 5.56 Å². The number of hydrogen-bond donors (Lipinski definition) is 2. The van der Waals surface area contributed by atoms with Gasteiger partial charge in [-0.3, -0.25) is 4.79 Å². The SMILES string of the molecule is Cc1cc(CC(N)C(=O)O)cc(N(C)C)c1C. The van der Waals surface area contributed by atoms with Crippen LogP contribution in [-0.4, -0.2) is 31.2 Å². The van der Waals surface area contributed by atoms with Crippen molar-refractivity contribution < 1.29 is 9.90 Å². The van der Waals surface area contributed by atoms with E-state index in [9.17, 15) is 4.79 Å². The molecule has 0 fully saturated rings. The third-order valence-corrected chi connectivity index (χ3v) is 2.95. The van der Waals surface area contributed by atoms with Crippen LogP contribution in [-0.2, 0) is 11.2 Å². The van der Waals surface area contributed by atoms with E-state index in [0.717, 1.165) is 16.8 Å². The summed E-state index contributed by atoms with van der Waals surface area (Å²) in [4.78, 5) is 12.8. The molecule has 0 spiro atoms. The molecule has 1 aromatic rings. The molecule has 0 aliphatic rings. The summed E-state index contributed by atoms with van der Waals surface area (Å²) in [7, 11) is 3.95. The Morgan fingerprint density at radius 1 is 1.41 bits per heavy atom. The fourth-order valence-electron chi connectivity index (χ4n) is 1.84. The quantitative estimate of drug-likeness (QED) is 0.827. The maximum atomic E-state index is 10.7. The molecule has 0 aliphatic carbocycles. The van der Waals surface area contributed by atoms with E-state index in [0.29, 0.717) is 6.42 Å². The molecule has 0 aliphatic heterocycles. The summed E-state index contributed by atoms with van der Waals surface area (Å²) in [6.07, 6.45) is 0.358. The molecule has 0 saturated heterocycles. The van der Waals surface area contributed by atoms with Gasteiger partial charge in [0.25, 0.3) is 0 Å². The molecule has 0 amide bonds. The van der Waals surface area contributed by atoms with Gasteiger partial charge >= 0.3 is 5.97 Å². The van der Waals surface area contributed by atoms with Crippen LogP contribution in [0.5, 0.6) is 0 Å². The van der Waals surface area contributed by atoms with Gasteiger partial charge in [-0.15, -0.1) is 0 Å². The van der Waals surface area contributed by atoms with Crippen molar-refractivity contribution in [3.05, 3.63) is 28.8 Å². The minimum absolute atomic E-state index is 0.358. The molecule has 4 heteroatoms. The van der Waals surface area contributed by atoms with Crippen molar-refractivity contribution in [2.75, 3.05) is 19.0 Å². The molecule has 0 radical (unpaired) electrons. The summed E-state index contributed by atoms with van der Waals surface area (Å²) in [6.45, 7) is 4.09. The van der Waals surface area contributed by atoms with Crippen LogP contribution >= 0.6 is 0 Å². The number of aliphatic carboxylic acids is 1. The second kappa shape index (κ2) is 5.19. The average Bonchev–Trinajstić information content (AvgIpc) is 2.22. The van der Waals surface area contributed by atoms with Crippen LogP contribution in [0.2, 0.25) is 0 Å². The van der Waals surface area contributed by atoms with Gasteiger partial charge in [0.05, 0.1) is 0 Å². The highest BCUT2D eigenvalue weighted by Gasteiger charge is 2.14. The molecule has 1 aromatic carbocycles. The first-order valence-corrected chi connectivity index (χ1v) is 5.58. The molecule has 0 heterocycles. The van der Waals surface area contributed by atoms with Gasteiger partial charge in [0.15, 0.2) is 0 Å². The van der Waals surface area contributed by atoms with Gasteiger partial charge in [-0.05, 0) is 43.0 Å². The lowest BCUT2D eigenvalue weighted by molar-refractivity contribution is -0.138. The van der Waals surface area contributed by atoms with Crippen molar-refractivity contribution in [2.45, 2.75) is 26.3 Å². The molecule has 4 nitrogen and oxygen atoms in total. The van der Waals surface area contributed by atoms with Crippen molar-refractivity contribution in [1.29, 1.82) is 0 Å². The molecular formula is C13H20N2O2. The van der Waals surface area contributed by atoms with E-state index >= 15 is 0 Å². The monoisotopic (exact) mass is 236 g/mol. The van der Waals surface area contributed by atoms with Crippen molar-refractivity contribution in [3.8, 4) is 0 Å². The van der Waals surface area contributed by atoms with E-state index in [1.54, 1.807) is 0 Å². The molecule has 0 aromatic heterocycles. The fraction of sp³-hybridized carbons (Fsp3) is 0.462. The second-order valence-corrected chi connectivity index (χ2v) is 4.60. The third kappa shape index (κ3) is 3.20. The fourth-order valence-corrected chi connectivity index (χ4v) is 1.84. The predicted octanol–water partition coefficient (Wildman–Crippen LogP) is 1.32. The number of carboxylic acids is 1. The lowest BCUT2D eigenvalue weighted by Crippen LogP contribution is -2.32. The number of nitrogens with zero attached hydrogens (tertiary/aromatic N) is 1. The lowest BCUT2D eigenvalue weighted by Gasteiger charge is -2.19. The van der Waals surface area contributed by atoms with Crippen LogP contribution in [0.25, 0.3) is 0 Å². The Morgan fingerprint density at radius 2 is 2.00 bits per heavy atom. The number of anilines is 1. The van der Waals surface area contributed by atoms with Crippen LogP contribution < -0.4 is 10.6 Å². The van der Waals surface area contributed by atoms with Gasteiger partial charge in [0.2, 0.25) is 0 Å². The van der Waals surface area contributed by atoms with E-state index in [-0.39, 0.29) is 0 Å². The highest BCUT2D eigenvalue weighted by Crippen LogP contribution is 2.24. The van der Waals surface area contributed by atoms with E-state index in [4.69, 9.17) is 10.8 Å². The molecule has 1 atom stereocenters. The zero-order valence-corrected chi connectivity index (χ0v) is 10.8. The van der Waals surface area contributed by atoms with Gasteiger partial charge in [0, 0.05) is 19.8 Å². The van der Waals surface area contributed by atoms with Gasteiger partial charge < -0.3 is 15.7 Å². The van der Waals surface area contributed by atoms with E-state index < -0.39 is 12.0 Å². The van der Waals surface area contributed by atoms with E-state index in [1.807, 2.05) is 38.1 Å². The van der Waals surface area contributed by atoms with Crippen molar-refractivity contribution in [3.63, 3.8) is 0 Å².